The topological polar surface area (TPSA) is 49.5 Å². The predicted molar refractivity (Wildman–Crippen MR) is 102 cm³/mol. The van der Waals surface area contributed by atoms with Crippen LogP contribution < -0.4 is 5.73 Å². The fourth-order valence-corrected chi connectivity index (χ4v) is 3.36. The van der Waals surface area contributed by atoms with Gasteiger partial charge in [-0.25, -0.2) is 0 Å². The van der Waals surface area contributed by atoms with E-state index < -0.39 is 6.10 Å². The van der Waals surface area contributed by atoms with E-state index in [1.54, 1.807) is 6.08 Å². The van der Waals surface area contributed by atoms with Crippen LogP contribution >= 0.6 is 0 Å². The van der Waals surface area contributed by atoms with Crippen molar-refractivity contribution in [2.75, 3.05) is 19.6 Å². The molecule has 130 valence electrons. The number of rotatable bonds is 7. The van der Waals surface area contributed by atoms with E-state index in [9.17, 15) is 5.11 Å². The highest BCUT2D eigenvalue weighted by Gasteiger charge is 2.23. The predicted octanol–water partition coefficient (Wildman–Crippen LogP) is 3.28. The zero-order chi connectivity index (χ0) is 17.4. The number of nitrogens with two attached hydrogens (primary N) is 1. The Hall–Kier alpha value is -1.84. The molecule has 1 saturated heterocycles. The molecule has 1 aromatic carbocycles. The van der Waals surface area contributed by atoms with Crippen LogP contribution in [0.25, 0.3) is 0 Å². The second kappa shape index (κ2) is 9.45. The van der Waals surface area contributed by atoms with Crippen molar-refractivity contribution in [2.45, 2.75) is 32.3 Å². The van der Waals surface area contributed by atoms with E-state index >= 15 is 0 Å². The summed E-state index contributed by atoms with van der Waals surface area (Å²) < 4.78 is 0. The molecule has 1 aromatic rings. The lowest BCUT2D eigenvalue weighted by Crippen LogP contribution is -2.40. The molecule has 0 aliphatic carbocycles. The van der Waals surface area contributed by atoms with Gasteiger partial charge in [-0.1, -0.05) is 55.1 Å². The highest BCUT2D eigenvalue weighted by molar-refractivity contribution is 5.34. The van der Waals surface area contributed by atoms with E-state index in [0.29, 0.717) is 12.2 Å². The lowest BCUT2D eigenvalue weighted by molar-refractivity contribution is 0.110. The molecular formula is C21H30N2O. The largest absolute Gasteiger partial charge is 0.399 e. The second-order valence-corrected chi connectivity index (χ2v) is 6.55. The van der Waals surface area contributed by atoms with Crippen LogP contribution in [0.1, 0.15) is 25.3 Å². The number of hydrogen-bond acceptors (Lipinski definition) is 3. The van der Waals surface area contributed by atoms with E-state index in [4.69, 9.17) is 5.73 Å². The Bertz CT molecular complexity index is 569. The summed E-state index contributed by atoms with van der Waals surface area (Å²) in [6.45, 7) is 8.29. The van der Waals surface area contributed by atoms with Crippen LogP contribution in [-0.2, 0) is 6.42 Å². The summed E-state index contributed by atoms with van der Waals surface area (Å²) >= 11 is 0. The fraction of sp³-hybridized carbons (Fsp3) is 0.429. The van der Waals surface area contributed by atoms with Crippen molar-refractivity contribution in [3.8, 4) is 0 Å². The molecule has 24 heavy (non-hydrogen) atoms. The maximum absolute atomic E-state index is 10.5. The number of hydrogen-bond donors (Lipinski definition) is 2. The summed E-state index contributed by atoms with van der Waals surface area (Å²) in [4.78, 5) is 2.34. The lowest BCUT2D eigenvalue weighted by atomic mass is 9.90. The third-order valence-corrected chi connectivity index (χ3v) is 4.81. The molecule has 2 rings (SSSR count). The third-order valence-electron chi connectivity index (χ3n) is 4.81. The van der Waals surface area contributed by atoms with Crippen molar-refractivity contribution < 1.29 is 5.11 Å². The summed E-state index contributed by atoms with van der Waals surface area (Å²) in [6, 6.07) is 10.7. The van der Waals surface area contributed by atoms with Crippen LogP contribution in [0.5, 0.6) is 0 Å². The summed E-state index contributed by atoms with van der Waals surface area (Å²) in [5.74, 6) is 0.740. The molecular weight excluding hydrogens is 296 g/mol. The second-order valence-electron chi connectivity index (χ2n) is 6.55. The van der Waals surface area contributed by atoms with E-state index in [0.717, 1.165) is 31.0 Å². The molecule has 0 aromatic heterocycles. The molecule has 0 radical (unpaired) electrons. The Kier molecular flexibility index (Phi) is 7.29. The van der Waals surface area contributed by atoms with Gasteiger partial charge in [-0.3, -0.25) is 0 Å². The first kappa shape index (κ1) is 18.5. The molecule has 0 amide bonds. The fourth-order valence-electron chi connectivity index (χ4n) is 3.36. The van der Waals surface area contributed by atoms with Gasteiger partial charge in [0.05, 0.1) is 6.10 Å². The highest BCUT2D eigenvalue weighted by Crippen LogP contribution is 2.22. The molecule has 0 bridgehead atoms. The first-order chi connectivity index (χ1) is 11.6. The van der Waals surface area contributed by atoms with Gasteiger partial charge in [0.25, 0.3) is 0 Å². The Morgan fingerprint density at radius 2 is 2.00 bits per heavy atom. The standard InChI is InChI=1S/C21H30N2O/c1-3-8-19(20(22)4-2)21(24)16-23-13-11-18(12-14-23)15-17-9-6-5-7-10-17/h3-10,18,21,24H,1,11-16,22H2,2H3/b19-8+,20-4+. The minimum absolute atomic E-state index is 0.565. The molecule has 1 heterocycles. The lowest BCUT2D eigenvalue weighted by Gasteiger charge is -2.33. The SMILES string of the molecule is C=C/C=C(\C(N)=C/C)C(O)CN1CCC(Cc2ccccc2)CC1. The van der Waals surface area contributed by atoms with E-state index in [1.807, 2.05) is 19.1 Å². The molecule has 1 atom stereocenters. The van der Waals surface area contributed by atoms with Crippen molar-refractivity contribution in [1.29, 1.82) is 0 Å². The van der Waals surface area contributed by atoms with Gasteiger partial charge < -0.3 is 15.7 Å². The number of allylic oxidation sites excluding steroid dienone is 3. The van der Waals surface area contributed by atoms with Gasteiger partial charge in [0.1, 0.15) is 0 Å². The average molecular weight is 326 g/mol. The van der Waals surface area contributed by atoms with E-state index in [1.165, 1.54) is 18.4 Å². The maximum atomic E-state index is 10.5. The van der Waals surface area contributed by atoms with Crippen LogP contribution in [0.4, 0.5) is 0 Å². The Morgan fingerprint density at radius 3 is 2.58 bits per heavy atom. The van der Waals surface area contributed by atoms with Crippen LogP contribution in [0.3, 0.4) is 0 Å². The molecule has 3 nitrogen and oxygen atoms in total. The van der Waals surface area contributed by atoms with Crippen LogP contribution in [0, 0.1) is 5.92 Å². The molecule has 0 spiro atoms. The van der Waals surface area contributed by atoms with Gasteiger partial charge in [-0.15, -0.1) is 0 Å². The Balaban J connectivity index is 1.84. The Labute approximate surface area is 146 Å². The normalized spacial score (nSPS) is 19.2. The summed E-state index contributed by atoms with van der Waals surface area (Å²) in [5, 5.41) is 10.5. The van der Waals surface area contributed by atoms with Gasteiger partial charge in [0.15, 0.2) is 0 Å². The van der Waals surface area contributed by atoms with Gasteiger partial charge in [-0.2, -0.15) is 0 Å². The van der Waals surface area contributed by atoms with Crippen molar-refractivity contribution in [1.82, 2.24) is 4.90 Å². The quantitative estimate of drug-likeness (QED) is 0.756. The van der Waals surface area contributed by atoms with Crippen molar-refractivity contribution >= 4 is 0 Å². The molecule has 1 unspecified atom stereocenters. The van der Waals surface area contributed by atoms with Crippen LogP contribution in [0.2, 0.25) is 0 Å². The van der Waals surface area contributed by atoms with E-state index in [2.05, 4.69) is 41.8 Å². The van der Waals surface area contributed by atoms with Crippen LogP contribution in [0.15, 0.2) is 66.4 Å². The summed E-state index contributed by atoms with van der Waals surface area (Å²) in [7, 11) is 0. The van der Waals surface area contributed by atoms with Crippen LogP contribution in [-0.4, -0.2) is 35.7 Å². The number of likely N-dealkylation sites (tertiary alicyclic amines) is 1. The minimum Gasteiger partial charge on any atom is -0.399 e. The zero-order valence-electron chi connectivity index (χ0n) is 14.7. The molecule has 0 saturated carbocycles. The Morgan fingerprint density at radius 1 is 1.33 bits per heavy atom. The molecule has 1 fully saturated rings. The summed E-state index contributed by atoms with van der Waals surface area (Å²) in [6.07, 6.45) is 8.27. The number of aliphatic hydroxyl groups excluding tert-OH is 1. The maximum Gasteiger partial charge on any atom is 0.0936 e. The summed E-state index contributed by atoms with van der Waals surface area (Å²) in [5.41, 5.74) is 8.80. The van der Waals surface area contributed by atoms with E-state index in [-0.39, 0.29) is 0 Å². The number of nitrogens with zero attached hydrogens (tertiary/aromatic N) is 1. The number of benzene rings is 1. The molecule has 3 N–H and O–H groups in total. The first-order valence-corrected chi connectivity index (χ1v) is 8.83. The number of aliphatic hydroxyl groups is 1. The average Bonchev–Trinajstić information content (AvgIpc) is 2.61. The van der Waals surface area contributed by atoms with Crippen molar-refractivity contribution in [3.05, 3.63) is 72.0 Å². The highest BCUT2D eigenvalue weighted by atomic mass is 16.3. The van der Waals surface area contributed by atoms with Gasteiger partial charge >= 0.3 is 0 Å². The van der Waals surface area contributed by atoms with Gasteiger partial charge in [-0.05, 0) is 50.8 Å². The van der Waals surface area contributed by atoms with Gasteiger partial charge in [0.2, 0.25) is 0 Å². The number of β-amino-alcohol motifs (C(OH)–C–C–N with tert-alkyl or cyclic N) is 1. The first-order valence-electron chi connectivity index (χ1n) is 8.83. The molecule has 1 aliphatic heterocycles. The molecule has 3 heteroatoms. The monoisotopic (exact) mass is 326 g/mol. The molecule has 1 aliphatic rings. The smallest absolute Gasteiger partial charge is 0.0936 e. The zero-order valence-corrected chi connectivity index (χ0v) is 14.7. The van der Waals surface area contributed by atoms with Gasteiger partial charge in [0, 0.05) is 17.8 Å². The number of piperidine rings is 1. The minimum atomic E-state index is -0.565. The van der Waals surface area contributed by atoms with Crippen molar-refractivity contribution in [2.24, 2.45) is 11.7 Å². The third kappa shape index (κ3) is 5.36. The van der Waals surface area contributed by atoms with Crippen molar-refractivity contribution in [3.63, 3.8) is 0 Å².